The van der Waals surface area contributed by atoms with Gasteiger partial charge in [-0.2, -0.15) is 0 Å². The molecule has 7 heteroatoms. The fraction of sp³-hybridized carbons (Fsp3) is 0.143. The van der Waals surface area contributed by atoms with Crippen molar-refractivity contribution in [1.82, 2.24) is 0 Å². The third kappa shape index (κ3) is 4.04. The van der Waals surface area contributed by atoms with E-state index in [2.05, 4.69) is 4.72 Å². The molecule has 3 aromatic rings. The number of nitrogens with one attached hydrogen (secondary N) is 1. The largest absolute Gasteiger partial charge is 0.493 e. The molecule has 0 fully saturated rings. The molecule has 3 rings (SSSR count). The van der Waals surface area contributed by atoms with Gasteiger partial charge in [-0.05, 0) is 36.4 Å². The van der Waals surface area contributed by atoms with Crippen LogP contribution in [0.1, 0.15) is 0 Å². The van der Waals surface area contributed by atoms with Crippen molar-refractivity contribution in [3.63, 3.8) is 0 Å². The first-order valence-electron chi connectivity index (χ1n) is 8.59. The highest BCUT2D eigenvalue weighted by atomic mass is 32.2. The summed E-state index contributed by atoms with van der Waals surface area (Å²) in [5, 5.41) is 0. The summed E-state index contributed by atoms with van der Waals surface area (Å²) in [5.74, 6) is 0.811. The van der Waals surface area contributed by atoms with Gasteiger partial charge in [0, 0.05) is 18.8 Å². The molecule has 0 aliphatic heterocycles. The second kappa shape index (κ2) is 8.22. The van der Waals surface area contributed by atoms with E-state index < -0.39 is 10.0 Å². The number of para-hydroxylation sites is 3. The van der Waals surface area contributed by atoms with Crippen LogP contribution in [-0.4, -0.2) is 29.7 Å². The van der Waals surface area contributed by atoms with Crippen LogP contribution in [0, 0.1) is 0 Å². The predicted octanol–water partition coefficient (Wildman–Crippen LogP) is 4.27. The number of nitrogens with zero attached hydrogens (tertiary/aromatic N) is 1. The molecule has 0 bridgehead atoms. The first-order valence-corrected chi connectivity index (χ1v) is 10.1. The lowest BCUT2D eigenvalue weighted by Gasteiger charge is -2.23. The Hall–Kier alpha value is -3.19. The highest BCUT2D eigenvalue weighted by Gasteiger charge is 2.19. The maximum absolute atomic E-state index is 13.0. The number of methoxy groups -OCH3 is 2. The smallest absolute Gasteiger partial charge is 0.262 e. The zero-order valence-corrected chi connectivity index (χ0v) is 16.7. The van der Waals surface area contributed by atoms with Crippen molar-refractivity contribution in [2.75, 3.05) is 30.9 Å². The number of rotatable bonds is 7. The molecule has 0 radical (unpaired) electrons. The average molecular weight is 398 g/mol. The highest BCUT2D eigenvalue weighted by molar-refractivity contribution is 7.92. The first kappa shape index (κ1) is 19.6. The van der Waals surface area contributed by atoms with Crippen molar-refractivity contribution in [2.24, 2.45) is 0 Å². The molecule has 0 aliphatic rings. The molecule has 0 unspecified atom stereocenters. The molecule has 0 amide bonds. The molecule has 146 valence electrons. The molecule has 0 aromatic heterocycles. The van der Waals surface area contributed by atoms with Gasteiger partial charge < -0.3 is 14.4 Å². The fourth-order valence-electron chi connectivity index (χ4n) is 2.83. The minimum Gasteiger partial charge on any atom is -0.493 e. The van der Waals surface area contributed by atoms with Crippen LogP contribution >= 0.6 is 0 Å². The summed E-state index contributed by atoms with van der Waals surface area (Å²) in [6.07, 6.45) is 0. The second-order valence-corrected chi connectivity index (χ2v) is 7.72. The molecule has 6 nitrogen and oxygen atoms in total. The normalized spacial score (nSPS) is 11.0. The SMILES string of the molecule is COc1ccc(S(=O)(=O)Nc2ccccc2N(C)c2ccccc2)cc1OC. The number of hydrogen-bond donors (Lipinski definition) is 1. The van der Waals surface area contributed by atoms with Gasteiger partial charge in [0.25, 0.3) is 10.0 Å². The summed E-state index contributed by atoms with van der Waals surface area (Å²) in [6, 6.07) is 21.4. The molecule has 0 atom stereocenters. The van der Waals surface area contributed by atoms with Crippen molar-refractivity contribution in [3.05, 3.63) is 72.8 Å². The summed E-state index contributed by atoms with van der Waals surface area (Å²) in [7, 11) is 1.03. The molecule has 0 aliphatic carbocycles. The van der Waals surface area contributed by atoms with Crippen LogP contribution in [0.3, 0.4) is 0 Å². The Kier molecular flexibility index (Phi) is 5.75. The van der Waals surface area contributed by atoms with E-state index in [0.717, 1.165) is 11.4 Å². The molecule has 1 N–H and O–H groups in total. The predicted molar refractivity (Wildman–Crippen MR) is 111 cm³/mol. The third-order valence-electron chi connectivity index (χ3n) is 4.32. The lowest BCUT2D eigenvalue weighted by molar-refractivity contribution is 0.354. The Labute approximate surface area is 165 Å². The summed E-state index contributed by atoms with van der Waals surface area (Å²) in [4.78, 5) is 2.01. The van der Waals surface area contributed by atoms with Crippen LogP contribution in [0.15, 0.2) is 77.7 Å². The van der Waals surface area contributed by atoms with Gasteiger partial charge in [0.15, 0.2) is 11.5 Å². The maximum Gasteiger partial charge on any atom is 0.262 e. The van der Waals surface area contributed by atoms with E-state index in [-0.39, 0.29) is 4.90 Å². The molecular weight excluding hydrogens is 376 g/mol. The van der Waals surface area contributed by atoms with Crippen LogP contribution in [-0.2, 0) is 10.0 Å². The average Bonchev–Trinajstić information content (AvgIpc) is 2.73. The van der Waals surface area contributed by atoms with Gasteiger partial charge in [-0.3, -0.25) is 4.72 Å². The zero-order valence-electron chi connectivity index (χ0n) is 15.9. The van der Waals surface area contributed by atoms with Crippen LogP contribution < -0.4 is 19.1 Å². The van der Waals surface area contributed by atoms with E-state index in [1.807, 2.05) is 54.4 Å². The molecule has 0 saturated carbocycles. The van der Waals surface area contributed by atoms with E-state index in [1.165, 1.54) is 26.4 Å². The molecule has 0 saturated heterocycles. The number of benzene rings is 3. The minimum atomic E-state index is -3.82. The highest BCUT2D eigenvalue weighted by Crippen LogP contribution is 2.34. The Balaban J connectivity index is 1.96. The molecular formula is C21H22N2O4S. The Morgan fingerprint density at radius 1 is 0.821 bits per heavy atom. The fourth-order valence-corrected chi connectivity index (χ4v) is 3.92. The molecule has 0 spiro atoms. The Morgan fingerprint density at radius 2 is 1.46 bits per heavy atom. The standard InChI is InChI=1S/C21H22N2O4S/c1-23(16-9-5-4-6-10-16)19-12-8-7-11-18(19)22-28(24,25)17-13-14-20(26-2)21(15-17)27-3/h4-15,22H,1-3H3. The van der Waals surface area contributed by atoms with Crippen LogP contribution in [0.25, 0.3) is 0 Å². The number of sulfonamides is 1. The van der Waals surface area contributed by atoms with Gasteiger partial charge >= 0.3 is 0 Å². The van der Waals surface area contributed by atoms with Gasteiger partial charge in [-0.25, -0.2) is 8.42 Å². The van der Waals surface area contributed by atoms with Crippen molar-refractivity contribution in [1.29, 1.82) is 0 Å². The van der Waals surface area contributed by atoms with E-state index >= 15 is 0 Å². The summed E-state index contributed by atoms with van der Waals surface area (Å²) >= 11 is 0. The topological polar surface area (TPSA) is 67.9 Å². The Morgan fingerprint density at radius 3 is 2.14 bits per heavy atom. The van der Waals surface area contributed by atoms with E-state index in [0.29, 0.717) is 17.2 Å². The monoisotopic (exact) mass is 398 g/mol. The van der Waals surface area contributed by atoms with Crippen LogP contribution in [0.5, 0.6) is 11.5 Å². The van der Waals surface area contributed by atoms with Crippen LogP contribution in [0.2, 0.25) is 0 Å². The Bertz CT molecular complexity index is 1050. The number of hydrogen-bond acceptors (Lipinski definition) is 5. The van der Waals surface area contributed by atoms with Crippen molar-refractivity contribution >= 4 is 27.1 Å². The second-order valence-electron chi connectivity index (χ2n) is 6.03. The number of anilines is 3. The van der Waals surface area contributed by atoms with Gasteiger partial charge in [0.1, 0.15) is 0 Å². The minimum absolute atomic E-state index is 0.0855. The summed E-state index contributed by atoms with van der Waals surface area (Å²) in [5.41, 5.74) is 2.15. The van der Waals surface area contributed by atoms with E-state index in [9.17, 15) is 8.42 Å². The van der Waals surface area contributed by atoms with E-state index in [1.54, 1.807) is 18.2 Å². The molecule has 0 heterocycles. The third-order valence-corrected chi connectivity index (χ3v) is 5.68. The van der Waals surface area contributed by atoms with Crippen molar-refractivity contribution < 1.29 is 17.9 Å². The maximum atomic E-state index is 13.0. The van der Waals surface area contributed by atoms with Gasteiger partial charge in [-0.1, -0.05) is 30.3 Å². The number of ether oxygens (including phenoxy) is 2. The van der Waals surface area contributed by atoms with Gasteiger partial charge in [0.2, 0.25) is 0 Å². The van der Waals surface area contributed by atoms with Gasteiger partial charge in [-0.15, -0.1) is 0 Å². The molecule has 3 aromatic carbocycles. The van der Waals surface area contributed by atoms with Crippen molar-refractivity contribution in [3.8, 4) is 11.5 Å². The quantitative estimate of drug-likeness (QED) is 0.644. The molecule has 28 heavy (non-hydrogen) atoms. The van der Waals surface area contributed by atoms with Gasteiger partial charge in [0.05, 0.1) is 30.5 Å². The zero-order chi connectivity index (χ0) is 20.1. The lowest BCUT2D eigenvalue weighted by Crippen LogP contribution is -2.17. The first-order chi connectivity index (χ1) is 13.5. The summed E-state index contributed by atoms with van der Waals surface area (Å²) in [6.45, 7) is 0. The van der Waals surface area contributed by atoms with Crippen LogP contribution in [0.4, 0.5) is 17.1 Å². The lowest BCUT2D eigenvalue weighted by atomic mass is 10.2. The summed E-state index contributed by atoms with van der Waals surface area (Å²) < 4.78 is 39.0. The van der Waals surface area contributed by atoms with E-state index in [4.69, 9.17) is 9.47 Å². The van der Waals surface area contributed by atoms with Crippen molar-refractivity contribution in [2.45, 2.75) is 4.90 Å².